The standard InChI is InChI=1S/C13H25N5S/c1-10(2)9-16-5-7-17(8-6-16)12-14-15-13(19)18(12)11(3)4/h10-11H,5-9H2,1-4H3,(H,15,19). The molecule has 1 aromatic heterocycles. The maximum atomic E-state index is 5.31. The van der Waals surface area contributed by atoms with Crippen LogP contribution in [0.15, 0.2) is 0 Å². The Morgan fingerprint density at radius 1 is 1.16 bits per heavy atom. The second-order valence-electron chi connectivity index (χ2n) is 5.97. The lowest BCUT2D eigenvalue weighted by molar-refractivity contribution is 0.229. The summed E-state index contributed by atoms with van der Waals surface area (Å²) in [7, 11) is 0. The highest BCUT2D eigenvalue weighted by molar-refractivity contribution is 7.71. The van der Waals surface area contributed by atoms with E-state index in [9.17, 15) is 0 Å². The number of hydrogen-bond acceptors (Lipinski definition) is 4. The van der Waals surface area contributed by atoms with E-state index in [2.05, 4.69) is 52.3 Å². The number of aromatic amines is 1. The van der Waals surface area contributed by atoms with Crippen molar-refractivity contribution in [3.8, 4) is 0 Å². The number of aromatic nitrogens is 3. The Morgan fingerprint density at radius 2 is 1.79 bits per heavy atom. The van der Waals surface area contributed by atoms with E-state index < -0.39 is 0 Å². The average Bonchev–Trinajstić information content (AvgIpc) is 2.71. The molecule has 1 aliphatic heterocycles. The van der Waals surface area contributed by atoms with Gasteiger partial charge in [-0.2, -0.15) is 0 Å². The van der Waals surface area contributed by atoms with Crippen LogP contribution in [0.3, 0.4) is 0 Å². The molecule has 0 saturated carbocycles. The Balaban J connectivity index is 2.04. The van der Waals surface area contributed by atoms with Crippen LogP contribution in [0.5, 0.6) is 0 Å². The second-order valence-corrected chi connectivity index (χ2v) is 6.36. The Morgan fingerprint density at radius 3 is 2.32 bits per heavy atom. The fourth-order valence-electron chi connectivity index (χ4n) is 2.63. The van der Waals surface area contributed by atoms with Crippen LogP contribution in [0.4, 0.5) is 5.95 Å². The molecule has 108 valence electrons. The summed E-state index contributed by atoms with van der Waals surface area (Å²) < 4.78 is 2.82. The molecule has 0 radical (unpaired) electrons. The van der Waals surface area contributed by atoms with Gasteiger partial charge in [-0.1, -0.05) is 13.8 Å². The van der Waals surface area contributed by atoms with Crippen LogP contribution in [0.25, 0.3) is 0 Å². The smallest absolute Gasteiger partial charge is 0.226 e. The van der Waals surface area contributed by atoms with Gasteiger partial charge < -0.3 is 4.90 Å². The minimum absolute atomic E-state index is 0.343. The third-order valence-electron chi connectivity index (χ3n) is 3.48. The van der Waals surface area contributed by atoms with Crippen molar-refractivity contribution in [2.75, 3.05) is 37.6 Å². The van der Waals surface area contributed by atoms with Crippen LogP contribution in [0.1, 0.15) is 33.7 Å². The SMILES string of the molecule is CC(C)CN1CCN(c2n[nH]c(=S)n2C(C)C)CC1. The van der Waals surface area contributed by atoms with E-state index in [1.165, 1.54) is 6.54 Å². The van der Waals surface area contributed by atoms with Gasteiger partial charge in [-0.15, -0.1) is 5.10 Å². The fourth-order valence-corrected chi connectivity index (χ4v) is 2.97. The van der Waals surface area contributed by atoms with Crippen molar-refractivity contribution in [1.29, 1.82) is 0 Å². The quantitative estimate of drug-likeness (QED) is 0.861. The maximum absolute atomic E-state index is 5.31. The molecule has 1 fully saturated rings. The highest BCUT2D eigenvalue weighted by Gasteiger charge is 2.22. The summed E-state index contributed by atoms with van der Waals surface area (Å²) in [6.45, 7) is 14.3. The Bertz CT molecular complexity index is 454. The molecule has 0 atom stereocenters. The van der Waals surface area contributed by atoms with Gasteiger partial charge in [-0.3, -0.25) is 9.47 Å². The van der Waals surface area contributed by atoms with Crippen molar-refractivity contribution in [3.05, 3.63) is 4.77 Å². The summed E-state index contributed by atoms with van der Waals surface area (Å²) in [6, 6.07) is 0.343. The molecule has 0 amide bonds. The van der Waals surface area contributed by atoms with Gasteiger partial charge in [0.25, 0.3) is 0 Å². The van der Waals surface area contributed by atoms with Crippen molar-refractivity contribution >= 4 is 18.2 Å². The van der Waals surface area contributed by atoms with Crippen LogP contribution in [0.2, 0.25) is 0 Å². The fraction of sp³-hybridized carbons (Fsp3) is 0.846. The van der Waals surface area contributed by atoms with Crippen molar-refractivity contribution in [2.45, 2.75) is 33.7 Å². The van der Waals surface area contributed by atoms with Crippen LogP contribution in [-0.4, -0.2) is 52.4 Å². The van der Waals surface area contributed by atoms with Gasteiger partial charge in [-0.25, -0.2) is 5.10 Å². The molecular weight excluding hydrogens is 258 g/mol. The number of anilines is 1. The molecule has 0 spiro atoms. The molecule has 1 saturated heterocycles. The topological polar surface area (TPSA) is 40.1 Å². The lowest BCUT2D eigenvalue weighted by atomic mass is 10.2. The predicted octanol–water partition coefficient (Wildman–Crippen LogP) is 2.30. The lowest BCUT2D eigenvalue weighted by Gasteiger charge is -2.36. The zero-order chi connectivity index (χ0) is 14.0. The molecule has 6 heteroatoms. The zero-order valence-electron chi connectivity index (χ0n) is 12.4. The van der Waals surface area contributed by atoms with Gasteiger partial charge in [0.1, 0.15) is 0 Å². The molecular formula is C13H25N5S. The molecule has 1 aliphatic rings. The number of rotatable bonds is 4. The number of H-pyrrole nitrogens is 1. The normalized spacial score (nSPS) is 17.7. The van der Waals surface area contributed by atoms with Crippen LogP contribution >= 0.6 is 12.2 Å². The van der Waals surface area contributed by atoms with Crippen LogP contribution in [0, 0.1) is 10.7 Å². The van der Waals surface area contributed by atoms with E-state index in [0.29, 0.717) is 6.04 Å². The average molecular weight is 283 g/mol. The number of piperazine rings is 1. The van der Waals surface area contributed by atoms with E-state index in [-0.39, 0.29) is 0 Å². The van der Waals surface area contributed by atoms with E-state index >= 15 is 0 Å². The molecule has 5 nitrogen and oxygen atoms in total. The Labute approximate surface area is 120 Å². The third-order valence-corrected chi connectivity index (χ3v) is 3.77. The molecule has 0 unspecified atom stereocenters. The van der Waals surface area contributed by atoms with Crippen LogP contribution < -0.4 is 4.90 Å². The third kappa shape index (κ3) is 3.36. The van der Waals surface area contributed by atoms with E-state index in [0.717, 1.165) is 42.8 Å². The Kier molecular flexibility index (Phi) is 4.62. The molecule has 19 heavy (non-hydrogen) atoms. The predicted molar refractivity (Wildman–Crippen MR) is 81.3 cm³/mol. The molecule has 1 aromatic rings. The minimum Gasteiger partial charge on any atom is -0.338 e. The second kappa shape index (κ2) is 6.05. The Hall–Kier alpha value is -0.880. The van der Waals surface area contributed by atoms with Gasteiger partial charge in [0, 0.05) is 38.8 Å². The first-order valence-electron chi connectivity index (χ1n) is 7.13. The van der Waals surface area contributed by atoms with Gasteiger partial charge in [0.2, 0.25) is 5.95 Å². The monoisotopic (exact) mass is 283 g/mol. The largest absolute Gasteiger partial charge is 0.338 e. The first kappa shape index (κ1) is 14.5. The highest BCUT2D eigenvalue weighted by atomic mass is 32.1. The van der Waals surface area contributed by atoms with Crippen molar-refractivity contribution in [1.82, 2.24) is 19.7 Å². The van der Waals surface area contributed by atoms with Gasteiger partial charge in [0.15, 0.2) is 4.77 Å². The van der Waals surface area contributed by atoms with Gasteiger partial charge >= 0.3 is 0 Å². The van der Waals surface area contributed by atoms with Crippen molar-refractivity contribution in [3.63, 3.8) is 0 Å². The molecule has 0 aromatic carbocycles. The molecule has 1 N–H and O–H groups in total. The van der Waals surface area contributed by atoms with Gasteiger partial charge in [-0.05, 0) is 32.0 Å². The van der Waals surface area contributed by atoms with Crippen molar-refractivity contribution in [2.24, 2.45) is 5.92 Å². The number of nitrogens with zero attached hydrogens (tertiary/aromatic N) is 4. The summed E-state index contributed by atoms with van der Waals surface area (Å²) in [6.07, 6.45) is 0. The first-order valence-corrected chi connectivity index (χ1v) is 7.54. The lowest BCUT2D eigenvalue weighted by Crippen LogP contribution is -2.48. The molecule has 0 aliphatic carbocycles. The van der Waals surface area contributed by atoms with Gasteiger partial charge in [0.05, 0.1) is 0 Å². The number of hydrogen-bond donors (Lipinski definition) is 1. The summed E-state index contributed by atoms with van der Waals surface area (Å²) in [5.74, 6) is 1.72. The van der Waals surface area contributed by atoms with Crippen LogP contribution in [-0.2, 0) is 0 Å². The zero-order valence-corrected chi connectivity index (χ0v) is 13.2. The molecule has 2 heterocycles. The summed E-state index contributed by atoms with van der Waals surface area (Å²) in [5.41, 5.74) is 0. The van der Waals surface area contributed by atoms with E-state index in [1.807, 2.05) is 0 Å². The first-order chi connectivity index (χ1) is 8.99. The molecule has 0 bridgehead atoms. The summed E-state index contributed by atoms with van der Waals surface area (Å²) in [5, 5.41) is 7.32. The summed E-state index contributed by atoms with van der Waals surface area (Å²) >= 11 is 5.31. The number of nitrogens with one attached hydrogen (secondary N) is 1. The van der Waals surface area contributed by atoms with E-state index in [4.69, 9.17) is 12.2 Å². The molecule has 2 rings (SSSR count). The minimum atomic E-state index is 0.343. The highest BCUT2D eigenvalue weighted by Crippen LogP contribution is 2.19. The van der Waals surface area contributed by atoms with Crippen molar-refractivity contribution < 1.29 is 0 Å². The summed E-state index contributed by atoms with van der Waals surface area (Å²) in [4.78, 5) is 4.87. The maximum Gasteiger partial charge on any atom is 0.226 e. The van der Waals surface area contributed by atoms with E-state index in [1.54, 1.807) is 0 Å².